The van der Waals surface area contributed by atoms with Crippen molar-refractivity contribution in [1.82, 2.24) is 5.32 Å². The van der Waals surface area contributed by atoms with Crippen molar-refractivity contribution in [3.8, 4) is 0 Å². The Kier molecular flexibility index (Phi) is 5.26. The molecule has 3 heteroatoms. The van der Waals surface area contributed by atoms with E-state index in [1.54, 1.807) is 0 Å². The monoisotopic (exact) mass is 293 g/mol. The van der Waals surface area contributed by atoms with E-state index in [2.05, 4.69) is 17.4 Å². The van der Waals surface area contributed by atoms with Crippen LogP contribution in [0.4, 0.5) is 0 Å². The van der Waals surface area contributed by atoms with Crippen molar-refractivity contribution >= 4 is 23.2 Å². The van der Waals surface area contributed by atoms with Crippen LogP contribution in [0.5, 0.6) is 0 Å². The molecule has 0 aliphatic heterocycles. The summed E-state index contributed by atoms with van der Waals surface area (Å²) in [6.45, 7) is 0. The molecular weight excluding hydrogens is 277 g/mol. The first kappa shape index (κ1) is 14.4. The minimum atomic E-state index is 0.372. The van der Waals surface area contributed by atoms with E-state index in [9.17, 15) is 0 Å². The highest BCUT2D eigenvalue weighted by atomic mass is 35.5. The molecule has 0 unspecified atom stereocenters. The van der Waals surface area contributed by atoms with Crippen LogP contribution in [0.25, 0.3) is 0 Å². The molecule has 0 aromatic heterocycles. The van der Waals surface area contributed by atoms with Crippen LogP contribution in [0.2, 0.25) is 10.0 Å². The second-order valence-corrected chi connectivity index (χ2v) is 5.53. The summed E-state index contributed by atoms with van der Waals surface area (Å²) in [6.07, 6.45) is 1.90. The quantitative estimate of drug-likeness (QED) is 0.863. The predicted molar refractivity (Wildman–Crippen MR) is 83.2 cm³/mol. The van der Waals surface area contributed by atoms with Crippen LogP contribution in [0.3, 0.4) is 0 Å². The molecular formula is C16H17Cl2N. The molecule has 0 aliphatic rings. The third kappa shape index (κ3) is 4.54. The van der Waals surface area contributed by atoms with Gasteiger partial charge in [0.05, 0.1) is 0 Å². The van der Waals surface area contributed by atoms with Gasteiger partial charge in [-0.2, -0.15) is 0 Å². The lowest BCUT2D eigenvalue weighted by atomic mass is 9.99. The summed E-state index contributed by atoms with van der Waals surface area (Å²) in [5.74, 6) is 0. The Morgan fingerprint density at radius 2 is 1.37 bits per heavy atom. The molecule has 0 bridgehead atoms. The van der Waals surface area contributed by atoms with Gasteiger partial charge in [-0.1, -0.05) is 47.5 Å². The number of hydrogen-bond donors (Lipinski definition) is 1. The fourth-order valence-electron chi connectivity index (χ4n) is 2.17. The third-order valence-corrected chi connectivity index (χ3v) is 3.62. The molecule has 0 amide bonds. The molecule has 19 heavy (non-hydrogen) atoms. The molecule has 0 heterocycles. The first-order valence-corrected chi connectivity index (χ1v) is 7.09. The zero-order chi connectivity index (χ0) is 13.7. The lowest BCUT2D eigenvalue weighted by Gasteiger charge is -2.16. The molecule has 0 saturated carbocycles. The summed E-state index contributed by atoms with van der Waals surface area (Å²) in [4.78, 5) is 0. The van der Waals surface area contributed by atoms with Crippen LogP contribution in [0.15, 0.2) is 48.5 Å². The van der Waals surface area contributed by atoms with Gasteiger partial charge in [0, 0.05) is 16.1 Å². The molecule has 1 nitrogen and oxygen atoms in total. The van der Waals surface area contributed by atoms with Gasteiger partial charge in [-0.05, 0) is 55.3 Å². The second kappa shape index (κ2) is 6.95. The number of likely N-dealkylation sites (N-methyl/N-ethyl adjacent to an activating group) is 1. The topological polar surface area (TPSA) is 12.0 Å². The highest BCUT2D eigenvalue weighted by Crippen LogP contribution is 2.16. The van der Waals surface area contributed by atoms with E-state index in [4.69, 9.17) is 23.2 Å². The molecule has 0 fully saturated rings. The lowest BCUT2D eigenvalue weighted by molar-refractivity contribution is 0.556. The van der Waals surface area contributed by atoms with Crippen molar-refractivity contribution in [2.24, 2.45) is 0 Å². The van der Waals surface area contributed by atoms with Gasteiger partial charge in [0.25, 0.3) is 0 Å². The Bertz CT molecular complexity index is 492. The Hall–Kier alpha value is -1.02. The van der Waals surface area contributed by atoms with Crippen LogP contribution < -0.4 is 5.32 Å². The zero-order valence-electron chi connectivity index (χ0n) is 10.9. The standard InChI is InChI=1S/C16H17Cl2N/c1-19-16(10-12-4-2-6-14(17)8-12)11-13-5-3-7-15(18)9-13/h2-9,16,19H,10-11H2,1H3. The molecule has 1 N–H and O–H groups in total. The summed E-state index contributed by atoms with van der Waals surface area (Å²) < 4.78 is 0. The van der Waals surface area contributed by atoms with E-state index in [1.165, 1.54) is 11.1 Å². The van der Waals surface area contributed by atoms with Crippen LogP contribution >= 0.6 is 23.2 Å². The summed E-state index contributed by atoms with van der Waals surface area (Å²) in [6, 6.07) is 16.4. The fourth-order valence-corrected chi connectivity index (χ4v) is 2.60. The van der Waals surface area contributed by atoms with Crippen molar-refractivity contribution < 1.29 is 0 Å². The average molecular weight is 294 g/mol. The van der Waals surface area contributed by atoms with Crippen molar-refractivity contribution in [1.29, 1.82) is 0 Å². The highest BCUT2D eigenvalue weighted by molar-refractivity contribution is 6.30. The number of rotatable bonds is 5. The van der Waals surface area contributed by atoms with Crippen LogP contribution in [-0.4, -0.2) is 13.1 Å². The van der Waals surface area contributed by atoms with Crippen molar-refractivity contribution in [3.05, 3.63) is 69.7 Å². The zero-order valence-corrected chi connectivity index (χ0v) is 12.4. The average Bonchev–Trinajstić information content (AvgIpc) is 2.38. The summed E-state index contributed by atoms with van der Waals surface area (Å²) in [7, 11) is 1.99. The van der Waals surface area contributed by atoms with E-state index in [0.29, 0.717) is 6.04 Å². The highest BCUT2D eigenvalue weighted by Gasteiger charge is 2.09. The normalized spacial score (nSPS) is 10.9. The predicted octanol–water partition coefficient (Wildman–Crippen LogP) is 4.37. The number of nitrogens with one attached hydrogen (secondary N) is 1. The summed E-state index contributed by atoms with van der Waals surface area (Å²) in [5, 5.41) is 4.93. The Morgan fingerprint density at radius 3 is 1.74 bits per heavy atom. The number of benzene rings is 2. The first-order chi connectivity index (χ1) is 9.17. The summed E-state index contributed by atoms with van der Waals surface area (Å²) in [5.41, 5.74) is 2.49. The molecule has 0 saturated heterocycles. The minimum Gasteiger partial charge on any atom is -0.316 e. The Balaban J connectivity index is 2.04. The Labute approximate surface area is 124 Å². The maximum Gasteiger partial charge on any atom is 0.0408 e. The molecule has 0 spiro atoms. The third-order valence-electron chi connectivity index (χ3n) is 3.15. The second-order valence-electron chi connectivity index (χ2n) is 4.65. The largest absolute Gasteiger partial charge is 0.316 e. The van der Waals surface area contributed by atoms with Gasteiger partial charge in [0.15, 0.2) is 0 Å². The smallest absolute Gasteiger partial charge is 0.0408 e. The van der Waals surface area contributed by atoms with Gasteiger partial charge in [0.1, 0.15) is 0 Å². The van der Waals surface area contributed by atoms with E-state index in [0.717, 1.165) is 22.9 Å². The van der Waals surface area contributed by atoms with Crippen LogP contribution in [-0.2, 0) is 12.8 Å². The number of halogens is 2. The maximum atomic E-state index is 6.01. The van der Waals surface area contributed by atoms with Gasteiger partial charge in [0.2, 0.25) is 0 Å². The minimum absolute atomic E-state index is 0.372. The van der Waals surface area contributed by atoms with Crippen molar-refractivity contribution in [2.75, 3.05) is 7.05 Å². The fraction of sp³-hybridized carbons (Fsp3) is 0.250. The van der Waals surface area contributed by atoms with E-state index in [1.807, 2.05) is 43.4 Å². The summed E-state index contributed by atoms with van der Waals surface area (Å²) >= 11 is 12.0. The molecule has 2 rings (SSSR count). The number of hydrogen-bond acceptors (Lipinski definition) is 1. The molecule has 100 valence electrons. The van der Waals surface area contributed by atoms with E-state index < -0.39 is 0 Å². The molecule has 2 aromatic carbocycles. The van der Waals surface area contributed by atoms with Gasteiger partial charge >= 0.3 is 0 Å². The van der Waals surface area contributed by atoms with Gasteiger partial charge in [-0.25, -0.2) is 0 Å². The maximum absolute atomic E-state index is 6.01. The van der Waals surface area contributed by atoms with Crippen LogP contribution in [0, 0.1) is 0 Å². The molecule has 0 aliphatic carbocycles. The first-order valence-electron chi connectivity index (χ1n) is 6.33. The van der Waals surface area contributed by atoms with Gasteiger partial charge < -0.3 is 5.32 Å². The molecule has 0 atom stereocenters. The lowest BCUT2D eigenvalue weighted by Crippen LogP contribution is -2.29. The Morgan fingerprint density at radius 1 is 0.895 bits per heavy atom. The van der Waals surface area contributed by atoms with Crippen molar-refractivity contribution in [3.63, 3.8) is 0 Å². The van der Waals surface area contributed by atoms with Crippen molar-refractivity contribution in [2.45, 2.75) is 18.9 Å². The molecule has 0 radical (unpaired) electrons. The van der Waals surface area contributed by atoms with E-state index in [-0.39, 0.29) is 0 Å². The van der Waals surface area contributed by atoms with Crippen LogP contribution in [0.1, 0.15) is 11.1 Å². The van der Waals surface area contributed by atoms with Gasteiger partial charge in [-0.3, -0.25) is 0 Å². The SMILES string of the molecule is CNC(Cc1cccc(Cl)c1)Cc1cccc(Cl)c1. The van der Waals surface area contributed by atoms with E-state index >= 15 is 0 Å². The van der Waals surface area contributed by atoms with Gasteiger partial charge in [-0.15, -0.1) is 0 Å². The molecule has 2 aromatic rings.